The maximum absolute atomic E-state index is 4.11. The fourth-order valence-corrected chi connectivity index (χ4v) is 0.854. The van der Waals surface area contributed by atoms with Gasteiger partial charge in [0.05, 0.1) is 0 Å². The molecule has 1 rings (SSSR count). The van der Waals surface area contributed by atoms with Crippen molar-refractivity contribution in [2.45, 2.75) is 18.7 Å². The number of hydrogen-bond acceptors (Lipinski definition) is 1. The summed E-state index contributed by atoms with van der Waals surface area (Å²) >= 11 is 7.42. The average molecular weight is 219 g/mol. The minimum absolute atomic E-state index is 0.994. The van der Waals surface area contributed by atoms with Gasteiger partial charge in [0.2, 0.25) is 0 Å². The van der Waals surface area contributed by atoms with Gasteiger partial charge in [-0.15, -0.1) is 12.6 Å². The van der Waals surface area contributed by atoms with Crippen LogP contribution in [0.3, 0.4) is 0 Å². The normalized spacial score (nSPS) is 8.00. The van der Waals surface area contributed by atoms with Crippen LogP contribution in [0.25, 0.3) is 0 Å². The lowest BCUT2D eigenvalue weighted by atomic mass is 10.4. The Morgan fingerprint density at radius 2 is 1.50 bits per heavy atom. The molecule has 0 radical (unpaired) electrons. The first-order chi connectivity index (χ1) is 4.79. The molecule has 0 aliphatic rings. The highest BCUT2D eigenvalue weighted by Crippen LogP contribution is 2.11. The molecule has 0 N–H and O–H groups in total. The molecule has 0 saturated heterocycles. The number of hydrogen-bond donors (Lipinski definition) is 1. The molecule has 0 atom stereocenters. The maximum Gasteiger partial charge on any atom is 0.0176 e. The van der Waals surface area contributed by atoms with E-state index >= 15 is 0 Å². The van der Waals surface area contributed by atoms with Crippen molar-refractivity contribution in [3.8, 4) is 0 Å². The van der Waals surface area contributed by atoms with Gasteiger partial charge in [-0.1, -0.05) is 29.8 Å². The average Bonchev–Trinajstić information content (AvgIpc) is 2.00. The lowest BCUT2D eigenvalue weighted by Gasteiger charge is -1.87. The summed E-state index contributed by atoms with van der Waals surface area (Å²) in [6.07, 6.45) is 0. The van der Waals surface area contributed by atoms with Gasteiger partial charge >= 0.3 is 0 Å². The molecule has 0 bridgehead atoms. The van der Waals surface area contributed by atoms with Gasteiger partial charge < -0.3 is 0 Å². The summed E-state index contributed by atoms with van der Waals surface area (Å²) in [5.41, 5.74) is 0. The zero-order chi connectivity index (χ0) is 7.98. The van der Waals surface area contributed by atoms with E-state index in [0.717, 1.165) is 9.37 Å². The van der Waals surface area contributed by atoms with Crippen LogP contribution in [0.4, 0.5) is 0 Å². The van der Waals surface area contributed by atoms with Crippen LogP contribution in [-0.2, 0) is 0 Å². The number of benzene rings is 1. The molecule has 2 heteroatoms. The molecule has 1 aromatic rings. The van der Waals surface area contributed by atoms with E-state index in [1.54, 1.807) is 0 Å². The number of thiol groups is 1. The van der Waals surface area contributed by atoms with E-state index in [2.05, 4.69) is 28.6 Å². The van der Waals surface area contributed by atoms with Crippen molar-refractivity contribution in [3.63, 3.8) is 0 Å². The van der Waals surface area contributed by atoms with Crippen molar-refractivity contribution in [2.75, 3.05) is 0 Å². The Morgan fingerprint density at radius 3 is 1.80 bits per heavy atom. The molecule has 1 aromatic carbocycles. The monoisotopic (exact) mass is 218 g/mol. The van der Waals surface area contributed by atoms with Gasteiger partial charge in [-0.05, 0) is 24.3 Å². The van der Waals surface area contributed by atoms with Gasteiger partial charge in [-0.2, -0.15) is 0 Å². The zero-order valence-electron chi connectivity index (χ0n) is 6.13. The van der Waals surface area contributed by atoms with Crippen molar-refractivity contribution in [1.82, 2.24) is 0 Å². The molecule has 0 fully saturated rings. The van der Waals surface area contributed by atoms with Crippen LogP contribution in [0, 0.1) is 0 Å². The zero-order valence-corrected chi connectivity index (χ0v) is 8.62. The SMILES string of the molecule is CC.Sc1ccc(Br)cc1. The quantitative estimate of drug-likeness (QED) is 0.631. The van der Waals surface area contributed by atoms with Crippen molar-refractivity contribution in [3.05, 3.63) is 28.7 Å². The van der Waals surface area contributed by atoms with E-state index < -0.39 is 0 Å². The molecule has 0 nitrogen and oxygen atoms in total. The van der Waals surface area contributed by atoms with Crippen LogP contribution >= 0.6 is 28.6 Å². The third-order valence-electron chi connectivity index (χ3n) is 0.827. The van der Waals surface area contributed by atoms with Crippen LogP contribution in [-0.4, -0.2) is 0 Å². The molecule has 0 saturated carbocycles. The van der Waals surface area contributed by atoms with Crippen molar-refractivity contribution in [2.24, 2.45) is 0 Å². The third-order valence-corrected chi connectivity index (χ3v) is 1.65. The molecular formula is C8H11BrS. The van der Waals surface area contributed by atoms with Crippen LogP contribution in [0.2, 0.25) is 0 Å². The summed E-state index contributed by atoms with van der Waals surface area (Å²) in [7, 11) is 0. The van der Waals surface area contributed by atoms with Crippen molar-refractivity contribution in [1.29, 1.82) is 0 Å². The summed E-state index contributed by atoms with van der Waals surface area (Å²) < 4.78 is 1.09. The van der Waals surface area contributed by atoms with Crippen LogP contribution in [0.5, 0.6) is 0 Å². The number of rotatable bonds is 0. The van der Waals surface area contributed by atoms with Crippen LogP contribution in [0.1, 0.15) is 13.8 Å². The Bertz CT molecular complexity index is 148. The maximum atomic E-state index is 4.11. The Balaban J connectivity index is 0.000000371. The Labute approximate surface area is 76.2 Å². The highest BCUT2D eigenvalue weighted by molar-refractivity contribution is 9.10. The van der Waals surface area contributed by atoms with Crippen molar-refractivity contribution >= 4 is 28.6 Å². The van der Waals surface area contributed by atoms with E-state index in [4.69, 9.17) is 0 Å². The number of halogens is 1. The molecule has 0 amide bonds. The molecule has 10 heavy (non-hydrogen) atoms. The van der Waals surface area contributed by atoms with Gasteiger partial charge in [0.1, 0.15) is 0 Å². The van der Waals surface area contributed by atoms with Gasteiger partial charge in [-0.3, -0.25) is 0 Å². The largest absolute Gasteiger partial charge is 0.143 e. The highest BCUT2D eigenvalue weighted by Gasteiger charge is 1.82. The summed E-state index contributed by atoms with van der Waals surface area (Å²) in [5.74, 6) is 0. The van der Waals surface area contributed by atoms with Gasteiger partial charge in [0.15, 0.2) is 0 Å². The van der Waals surface area contributed by atoms with E-state index in [0.29, 0.717) is 0 Å². The second-order valence-electron chi connectivity index (χ2n) is 1.48. The Morgan fingerprint density at radius 1 is 1.10 bits per heavy atom. The Kier molecular flexibility index (Phi) is 5.84. The van der Waals surface area contributed by atoms with E-state index in [1.165, 1.54) is 0 Å². The van der Waals surface area contributed by atoms with E-state index in [1.807, 2.05) is 38.1 Å². The minimum atomic E-state index is 0.994. The predicted octanol–water partition coefficient (Wildman–Crippen LogP) is 3.76. The first-order valence-electron chi connectivity index (χ1n) is 3.23. The third kappa shape index (κ3) is 3.96. The van der Waals surface area contributed by atoms with Gasteiger partial charge in [-0.25, -0.2) is 0 Å². The fourth-order valence-electron chi connectivity index (χ4n) is 0.441. The molecule has 0 aromatic heterocycles. The second-order valence-corrected chi connectivity index (χ2v) is 2.91. The molecule has 0 heterocycles. The van der Waals surface area contributed by atoms with Crippen LogP contribution in [0.15, 0.2) is 33.6 Å². The predicted molar refractivity (Wildman–Crippen MR) is 52.7 cm³/mol. The molecule has 0 aliphatic carbocycles. The lowest BCUT2D eigenvalue weighted by Crippen LogP contribution is -1.62. The minimum Gasteiger partial charge on any atom is -0.143 e. The summed E-state index contributed by atoms with van der Waals surface area (Å²) in [4.78, 5) is 0.994. The fraction of sp³-hybridized carbons (Fsp3) is 0.250. The second kappa shape index (κ2) is 5.81. The van der Waals surface area contributed by atoms with Gasteiger partial charge in [0, 0.05) is 9.37 Å². The van der Waals surface area contributed by atoms with E-state index in [9.17, 15) is 0 Å². The summed E-state index contributed by atoms with van der Waals surface area (Å²) in [6.45, 7) is 4.00. The lowest BCUT2D eigenvalue weighted by molar-refractivity contribution is 1.46. The molecule has 56 valence electrons. The van der Waals surface area contributed by atoms with Crippen molar-refractivity contribution < 1.29 is 0 Å². The standard InChI is InChI=1S/C6H5BrS.C2H6/c7-5-1-3-6(8)4-2-5;1-2/h1-4,8H;1-2H3. The first-order valence-corrected chi connectivity index (χ1v) is 4.47. The topological polar surface area (TPSA) is 0 Å². The smallest absolute Gasteiger partial charge is 0.0176 e. The molecule has 0 unspecified atom stereocenters. The highest BCUT2D eigenvalue weighted by atomic mass is 79.9. The Hall–Kier alpha value is 0.0500. The summed E-state index contributed by atoms with van der Waals surface area (Å²) in [5, 5.41) is 0. The molecular weight excluding hydrogens is 208 g/mol. The van der Waals surface area contributed by atoms with Gasteiger partial charge in [0.25, 0.3) is 0 Å². The van der Waals surface area contributed by atoms with Crippen LogP contribution < -0.4 is 0 Å². The molecule has 0 aliphatic heterocycles. The molecule has 0 spiro atoms. The first kappa shape index (κ1) is 10.0. The van der Waals surface area contributed by atoms with E-state index in [-0.39, 0.29) is 0 Å². The summed E-state index contributed by atoms with van der Waals surface area (Å²) in [6, 6.07) is 7.80.